The van der Waals surface area contributed by atoms with Gasteiger partial charge in [-0.05, 0) is 42.0 Å². The molecule has 0 aliphatic carbocycles. The first-order valence-corrected chi connectivity index (χ1v) is 9.67. The topological polar surface area (TPSA) is 89.3 Å². The van der Waals surface area contributed by atoms with Gasteiger partial charge in [0.25, 0.3) is 0 Å². The molecule has 1 aromatic heterocycles. The van der Waals surface area contributed by atoms with E-state index in [4.69, 9.17) is 14.2 Å². The van der Waals surface area contributed by atoms with Crippen LogP contribution in [0.25, 0.3) is 11.0 Å². The highest BCUT2D eigenvalue weighted by molar-refractivity contribution is 5.88. The van der Waals surface area contributed by atoms with Gasteiger partial charge in [-0.1, -0.05) is 12.1 Å². The predicted octanol–water partition coefficient (Wildman–Crippen LogP) is 4.98. The van der Waals surface area contributed by atoms with Crippen molar-refractivity contribution in [2.75, 3.05) is 19.5 Å². The standard InChI is InChI=1S/C24H19FN4O3/c1-30-17-6-3-15(4-7-17)14-32-22-10-5-16(11-19(22)25)28-20-8-9-21-24(18(20)12-26)29-23(31-2)13-27-21/h3-11,13,28H,14H2,1-2H3. The lowest BCUT2D eigenvalue weighted by molar-refractivity contribution is 0.290. The predicted molar refractivity (Wildman–Crippen MR) is 118 cm³/mol. The normalized spacial score (nSPS) is 10.4. The number of benzene rings is 3. The van der Waals surface area contributed by atoms with Crippen molar-refractivity contribution in [3.8, 4) is 23.4 Å². The Morgan fingerprint density at radius 3 is 2.53 bits per heavy atom. The number of hydrogen-bond donors (Lipinski definition) is 1. The summed E-state index contributed by atoms with van der Waals surface area (Å²) >= 11 is 0. The quantitative estimate of drug-likeness (QED) is 0.442. The molecule has 160 valence electrons. The van der Waals surface area contributed by atoms with Crippen LogP contribution in [0.15, 0.2) is 60.8 Å². The molecule has 0 amide bonds. The van der Waals surface area contributed by atoms with Gasteiger partial charge in [-0.15, -0.1) is 0 Å². The molecule has 0 unspecified atom stereocenters. The Balaban J connectivity index is 1.53. The van der Waals surface area contributed by atoms with E-state index in [0.29, 0.717) is 28.3 Å². The number of hydrogen-bond acceptors (Lipinski definition) is 7. The summed E-state index contributed by atoms with van der Waals surface area (Å²) in [6.45, 7) is 0.220. The molecule has 1 heterocycles. The van der Waals surface area contributed by atoms with Crippen LogP contribution >= 0.6 is 0 Å². The second kappa shape index (κ2) is 9.18. The average molecular weight is 430 g/mol. The lowest BCUT2D eigenvalue weighted by atomic mass is 10.1. The lowest BCUT2D eigenvalue weighted by Gasteiger charge is -2.12. The van der Waals surface area contributed by atoms with Crippen LogP contribution in [0, 0.1) is 17.1 Å². The second-order valence-electron chi connectivity index (χ2n) is 6.79. The van der Waals surface area contributed by atoms with Crippen molar-refractivity contribution in [2.24, 2.45) is 0 Å². The minimum atomic E-state index is -0.524. The number of rotatable bonds is 7. The molecular formula is C24H19FN4O3. The largest absolute Gasteiger partial charge is 0.497 e. The number of fused-ring (bicyclic) bond motifs is 1. The number of nitrogens with zero attached hydrogens (tertiary/aromatic N) is 3. The first kappa shape index (κ1) is 20.9. The number of aromatic nitrogens is 2. The molecule has 0 saturated heterocycles. The van der Waals surface area contributed by atoms with Gasteiger partial charge in [-0.3, -0.25) is 0 Å². The minimum absolute atomic E-state index is 0.126. The second-order valence-corrected chi connectivity index (χ2v) is 6.79. The van der Waals surface area contributed by atoms with Gasteiger partial charge < -0.3 is 19.5 Å². The lowest BCUT2D eigenvalue weighted by Crippen LogP contribution is -2.00. The third kappa shape index (κ3) is 4.37. The summed E-state index contributed by atoms with van der Waals surface area (Å²) < 4.78 is 30.4. The molecule has 0 atom stereocenters. The van der Waals surface area contributed by atoms with Crippen molar-refractivity contribution in [3.63, 3.8) is 0 Å². The van der Waals surface area contributed by atoms with E-state index < -0.39 is 5.82 Å². The van der Waals surface area contributed by atoms with Crippen LogP contribution in [-0.2, 0) is 6.61 Å². The molecule has 1 N–H and O–H groups in total. The molecule has 32 heavy (non-hydrogen) atoms. The van der Waals surface area contributed by atoms with Crippen molar-refractivity contribution >= 4 is 22.4 Å². The van der Waals surface area contributed by atoms with Crippen LogP contribution in [-0.4, -0.2) is 24.2 Å². The molecule has 4 aromatic rings. The Morgan fingerprint density at radius 1 is 1.03 bits per heavy atom. The molecule has 0 radical (unpaired) electrons. The molecule has 0 fully saturated rings. The van der Waals surface area contributed by atoms with E-state index in [9.17, 15) is 9.65 Å². The van der Waals surface area contributed by atoms with Crippen molar-refractivity contribution in [1.29, 1.82) is 5.26 Å². The number of nitriles is 1. The number of ether oxygens (including phenoxy) is 3. The van der Waals surface area contributed by atoms with Gasteiger partial charge in [-0.25, -0.2) is 14.4 Å². The van der Waals surface area contributed by atoms with Crippen LogP contribution < -0.4 is 19.5 Å². The number of nitrogens with one attached hydrogen (secondary N) is 1. The van der Waals surface area contributed by atoms with E-state index in [0.717, 1.165) is 11.3 Å². The van der Waals surface area contributed by atoms with E-state index in [1.165, 1.54) is 25.4 Å². The smallest absolute Gasteiger partial charge is 0.232 e. The summed E-state index contributed by atoms with van der Waals surface area (Å²) in [6.07, 6.45) is 1.48. The molecule has 0 spiro atoms. The summed E-state index contributed by atoms with van der Waals surface area (Å²) in [4.78, 5) is 8.55. The highest BCUT2D eigenvalue weighted by Crippen LogP contribution is 2.29. The first-order valence-electron chi connectivity index (χ1n) is 9.67. The van der Waals surface area contributed by atoms with E-state index in [1.54, 1.807) is 25.3 Å². The van der Waals surface area contributed by atoms with Gasteiger partial charge in [0.05, 0.1) is 31.6 Å². The average Bonchev–Trinajstić information content (AvgIpc) is 2.83. The molecule has 8 heteroatoms. The maximum absolute atomic E-state index is 14.6. The summed E-state index contributed by atoms with van der Waals surface area (Å²) in [6, 6.07) is 17.4. The van der Waals surface area contributed by atoms with Crippen LogP contribution in [0.5, 0.6) is 17.4 Å². The zero-order valence-corrected chi connectivity index (χ0v) is 17.4. The highest BCUT2D eigenvalue weighted by atomic mass is 19.1. The molecule has 0 aliphatic heterocycles. The summed E-state index contributed by atoms with van der Waals surface area (Å²) in [5.74, 6) is 0.644. The zero-order chi connectivity index (χ0) is 22.5. The van der Waals surface area contributed by atoms with E-state index in [1.807, 2.05) is 24.3 Å². The maximum Gasteiger partial charge on any atom is 0.232 e. The van der Waals surface area contributed by atoms with Gasteiger partial charge in [0.1, 0.15) is 29.5 Å². The minimum Gasteiger partial charge on any atom is -0.497 e. The van der Waals surface area contributed by atoms with Crippen molar-refractivity contribution in [3.05, 3.63) is 77.7 Å². The van der Waals surface area contributed by atoms with E-state index in [2.05, 4.69) is 21.4 Å². The van der Waals surface area contributed by atoms with Crippen molar-refractivity contribution in [1.82, 2.24) is 9.97 Å². The number of anilines is 2. The summed E-state index contributed by atoms with van der Waals surface area (Å²) in [5, 5.41) is 12.7. The molecule has 0 bridgehead atoms. The monoisotopic (exact) mass is 430 g/mol. The molecule has 7 nitrogen and oxygen atoms in total. The Kier molecular flexibility index (Phi) is 5.99. The third-order valence-corrected chi connectivity index (χ3v) is 4.78. The van der Waals surface area contributed by atoms with Crippen LogP contribution in [0.2, 0.25) is 0 Å². The van der Waals surface area contributed by atoms with Crippen LogP contribution in [0.3, 0.4) is 0 Å². The fourth-order valence-electron chi connectivity index (χ4n) is 3.11. The van der Waals surface area contributed by atoms with Crippen LogP contribution in [0.4, 0.5) is 15.8 Å². The summed E-state index contributed by atoms with van der Waals surface area (Å²) in [5.41, 5.74) is 3.07. The Hall–Kier alpha value is -4.38. The molecule has 0 aliphatic rings. The maximum atomic E-state index is 14.6. The Labute approximate surface area is 184 Å². The Morgan fingerprint density at radius 2 is 1.84 bits per heavy atom. The van der Waals surface area contributed by atoms with Crippen molar-refractivity contribution < 1.29 is 18.6 Å². The SMILES string of the molecule is COc1ccc(COc2ccc(Nc3ccc4ncc(OC)nc4c3C#N)cc2F)cc1. The van der Waals surface area contributed by atoms with Gasteiger partial charge in [0.2, 0.25) is 5.88 Å². The number of halogens is 1. The molecular weight excluding hydrogens is 411 g/mol. The van der Waals surface area contributed by atoms with Gasteiger partial charge in [0, 0.05) is 11.8 Å². The third-order valence-electron chi connectivity index (χ3n) is 4.78. The first-order chi connectivity index (χ1) is 15.6. The van der Waals surface area contributed by atoms with E-state index in [-0.39, 0.29) is 17.9 Å². The van der Waals surface area contributed by atoms with Gasteiger partial charge in [-0.2, -0.15) is 5.26 Å². The molecule has 3 aromatic carbocycles. The Bertz CT molecular complexity index is 1300. The summed E-state index contributed by atoms with van der Waals surface area (Å²) in [7, 11) is 3.07. The van der Waals surface area contributed by atoms with E-state index >= 15 is 0 Å². The molecule has 0 saturated carbocycles. The van der Waals surface area contributed by atoms with Gasteiger partial charge >= 0.3 is 0 Å². The number of methoxy groups -OCH3 is 2. The zero-order valence-electron chi connectivity index (χ0n) is 17.4. The highest BCUT2D eigenvalue weighted by Gasteiger charge is 2.13. The fraction of sp³-hybridized carbons (Fsp3) is 0.125. The molecule has 4 rings (SSSR count). The van der Waals surface area contributed by atoms with Gasteiger partial charge in [0.15, 0.2) is 11.6 Å². The van der Waals surface area contributed by atoms with Crippen LogP contribution in [0.1, 0.15) is 11.1 Å². The van der Waals surface area contributed by atoms with Crippen molar-refractivity contribution in [2.45, 2.75) is 6.61 Å². The fourth-order valence-corrected chi connectivity index (χ4v) is 3.11.